The lowest BCUT2D eigenvalue weighted by molar-refractivity contribution is 0.0637. The molecule has 1 aromatic carbocycles. The number of nitrogens with zero attached hydrogens (tertiary/aromatic N) is 4. The third-order valence-corrected chi connectivity index (χ3v) is 7.70. The standard InChI is InChI=1S/C23H29ClN4O3S/c1-32(30,31)19-7-8-21(24)20(15-19)23(29)28-10-4-5-18(17-28)16-26-11-13-27(14-12-26)22-6-2-3-9-25-22/h2-3,6-9,15,18H,4-5,10-14,16-17H2,1H3. The van der Waals surface area contributed by atoms with Crippen molar-refractivity contribution in [3.05, 3.63) is 53.2 Å². The summed E-state index contributed by atoms with van der Waals surface area (Å²) in [6.45, 7) is 6.13. The van der Waals surface area contributed by atoms with Crippen molar-refractivity contribution >= 4 is 33.2 Å². The van der Waals surface area contributed by atoms with Gasteiger partial charge < -0.3 is 9.80 Å². The summed E-state index contributed by atoms with van der Waals surface area (Å²) < 4.78 is 23.8. The molecule has 7 nitrogen and oxygen atoms in total. The van der Waals surface area contributed by atoms with Crippen LogP contribution < -0.4 is 4.90 Å². The van der Waals surface area contributed by atoms with E-state index in [0.717, 1.165) is 57.6 Å². The molecule has 4 rings (SSSR count). The van der Waals surface area contributed by atoms with Crippen LogP contribution in [0.15, 0.2) is 47.5 Å². The van der Waals surface area contributed by atoms with Crippen molar-refractivity contribution < 1.29 is 13.2 Å². The maximum Gasteiger partial charge on any atom is 0.255 e. The van der Waals surface area contributed by atoms with E-state index in [1.165, 1.54) is 18.2 Å². The second kappa shape index (κ2) is 9.77. The molecule has 0 saturated carbocycles. The first-order valence-electron chi connectivity index (χ1n) is 11.0. The number of halogens is 1. The summed E-state index contributed by atoms with van der Waals surface area (Å²) in [4.78, 5) is 24.3. The number of hydrogen-bond donors (Lipinski definition) is 0. The zero-order valence-corrected chi connectivity index (χ0v) is 19.9. The number of piperidine rings is 1. The van der Waals surface area contributed by atoms with Gasteiger partial charge in [-0.3, -0.25) is 9.69 Å². The highest BCUT2D eigenvalue weighted by atomic mass is 35.5. The first-order chi connectivity index (χ1) is 15.3. The zero-order valence-electron chi connectivity index (χ0n) is 18.3. The smallest absolute Gasteiger partial charge is 0.255 e. The number of aromatic nitrogens is 1. The monoisotopic (exact) mass is 476 g/mol. The van der Waals surface area contributed by atoms with Crippen molar-refractivity contribution in [3.63, 3.8) is 0 Å². The number of likely N-dealkylation sites (tertiary alicyclic amines) is 1. The predicted molar refractivity (Wildman–Crippen MR) is 126 cm³/mol. The number of sulfone groups is 1. The van der Waals surface area contributed by atoms with E-state index in [-0.39, 0.29) is 21.4 Å². The third-order valence-electron chi connectivity index (χ3n) is 6.26. The van der Waals surface area contributed by atoms with Crippen molar-refractivity contribution in [1.82, 2.24) is 14.8 Å². The number of carbonyl (C=O) groups is 1. The topological polar surface area (TPSA) is 73.8 Å². The van der Waals surface area contributed by atoms with Gasteiger partial charge in [-0.05, 0) is 49.1 Å². The average molecular weight is 477 g/mol. The van der Waals surface area contributed by atoms with E-state index in [9.17, 15) is 13.2 Å². The van der Waals surface area contributed by atoms with Crippen LogP contribution in [-0.4, -0.2) is 81.2 Å². The van der Waals surface area contributed by atoms with Gasteiger partial charge >= 0.3 is 0 Å². The van der Waals surface area contributed by atoms with Gasteiger partial charge in [-0.25, -0.2) is 13.4 Å². The Hall–Kier alpha value is -2.16. The van der Waals surface area contributed by atoms with Crippen LogP contribution in [0.1, 0.15) is 23.2 Å². The average Bonchev–Trinajstić information content (AvgIpc) is 2.79. The molecular weight excluding hydrogens is 448 g/mol. The van der Waals surface area contributed by atoms with E-state index < -0.39 is 9.84 Å². The van der Waals surface area contributed by atoms with Crippen molar-refractivity contribution in [3.8, 4) is 0 Å². The van der Waals surface area contributed by atoms with E-state index >= 15 is 0 Å². The Balaban J connectivity index is 1.35. The fraction of sp³-hybridized carbons (Fsp3) is 0.478. The first kappa shape index (κ1) is 23.0. The molecule has 3 heterocycles. The number of pyridine rings is 1. The minimum absolute atomic E-state index is 0.115. The maximum atomic E-state index is 13.2. The molecule has 2 aliphatic heterocycles. The van der Waals surface area contributed by atoms with E-state index in [2.05, 4.69) is 14.8 Å². The molecule has 1 atom stereocenters. The molecule has 32 heavy (non-hydrogen) atoms. The molecule has 1 amide bonds. The Morgan fingerprint density at radius 2 is 1.91 bits per heavy atom. The molecule has 0 spiro atoms. The third kappa shape index (κ3) is 5.42. The highest BCUT2D eigenvalue weighted by Crippen LogP contribution is 2.26. The van der Waals surface area contributed by atoms with Gasteiger partial charge in [0.2, 0.25) is 0 Å². The minimum Gasteiger partial charge on any atom is -0.354 e. The summed E-state index contributed by atoms with van der Waals surface area (Å²) >= 11 is 6.26. The molecule has 0 radical (unpaired) electrons. The van der Waals surface area contributed by atoms with Crippen LogP contribution in [0.2, 0.25) is 5.02 Å². The lowest BCUT2D eigenvalue weighted by Crippen LogP contribution is -2.50. The van der Waals surface area contributed by atoms with Crippen molar-refractivity contribution in [2.45, 2.75) is 17.7 Å². The van der Waals surface area contributed by atoms with Gasteiger partial charge in [0.25, 0.3) is 5.91 Å². The van der Waals surface area contributed by atoms with E-state index in [1.54, 1.807) is 0 Å². The Bertz CT molecular complexity index is 1060. The van der Waals surface area contributed by atoms with Crippen LogP contribution in [0.4, 0.5) is 5.82 Å². The van der Waals surface area contributed by atoms with E-state index in [4.69, 9.17) is 11.6 Å². The quantitative estimate of drug-likeness (QED) is 0.660. The number of amides is 1. The Morgan fingerprint density at radius 3 is 2.59 bits per heavy atom. The van der Waals surface area contributed by atoms with Gasteiger partial charge in [-0.2, -0.15) is 0 Å². The number of anilines is 1. The normalized spacial score (nSPS) is 20.4. The van der Waals surface area contributed by atoms with Crippen molar-refractivity contribution in [2.75, 3.05) is 57.0 Å². The second-order valence-corrected chi connectivity index (χ2v) is 11.1. The summed E-state index contributed by atoms with van der Waals surface area (Å²) in [7, 11) is -3.41. The zero-order chi connectivity index (χ0) is 22.7. The number of benzene rings is 1. The molecule has 2 aliphatic rings. The summed E-state index contributed by atoms with van der Waals surface area (Å²) in [6.07, 6.45) is 4.98. The van der Waals surface area contributed by atoms with Crippen LogP contribution in [-0.2, 0) is 9.84 Å². The second-order valence-electron chi connectivity index (χ2n) is 8.65. The molecule has 0 bridgehead atoms. The lowest BCUT2D eigenvalue weighted by atomic mass is 9.96. The SMILES string of the molecule is CS(=O)(=O)c1ccc(Cl)c(C(=O)N2CCCC(CN3CCN(c4ccccn4)CC3)C2)c1. The molecule has 1 unspecified atom stereocenters. The molecule has 2 fully saturated rings. The Labute approximate surface area is 194 Å². The molecule has 2 aromatic rings. The number of hydrogen-bond acceptors (Lipinski definition) is 6. The number of rotatable bonds is 5. The molecular formula is C23H29ClN4O3S. The summed E-state index contributed by atoms with van der Waals surface area (Å²) in [5.74, 6) is 1.23. The highest BCUT2D eigenvalue weighted by Gasteiger charge is 2.28. The highest BCUT2D eigenvalue weighted by molar-refractivity contribution is 7.90. The largest absolute Gasteiger partial charge is 0.354 e. The van der Waals surface area contributed by atoms with Gasteiger partial charge in [-0.1, -0.05) is 17.7 Å². The molecule has 1 aromatic heterocycles. The van der Waals surface area contributed by atoms with Crippen molar-refractivity contribution in [1.29, 1.82) is 0 Å². The van der Waals surface area contributed by atoms with Gasteiger partial charge in [0.1, 0.15) is 5.82 Å². The fourth-order valence-corrected chi connectivity index (χ4v) is 5.38. The molecule has 2 saturated heterocycles. The first-order valence-corrected chi connectivity index (χ1v) is 13.3. The van der Waals surface area contributed by atoms with E-state index in [0.29, 0.717) is 19.0 Å². The Kier molecular flexibility index (Phi) is 7.02. The van der Waals surface area contributed by atoms with Gasteiger partial charge in [0.15, 0.2) is 9.84 Å². The Morgan fingerprint density at radius 1 is 1.12 bits per heavy atom. The van der Waals surface area contributed by atoms with Crippen LogP contribution in [0, 0.1) is 5.92 Å². The summed E-state index contributed by atoms with van der Waals surface area (Å²) in [6, 6.07) is 10.3. The maximum absolute atomic E-state index is 13.2. The molecule has 0 N–H and O–H groups in total. The minimum atomic E-state index is -3.41. The molecule has 172 valence electrons. The van der Waals surface area contributed by atoms with E-state index in [1.807, 2.05) is 29.3 Å². The van der Waals surface area contributed by atoms with Crippen LogP contribution >= 0.6 is 11.6 Å². The number of carbonyl (C=O) groups excluding carboxylic acids is 1. The van der Waals surface area contributed by atoms with Gasteiger partial charge in [0, 0.05) is 58.3 Å². The molecule has 9 heteroatoms. The van der Waals surface area contributed by atoms with Crippen LogP contribution in [0.3, 0.4) is 0 Å². The number of piperazine rings is 1. The summed E-state index contributed by atoms with van der Waals surface area (Å²) in [5.41, 5.74) is 0.263. The van der Waals surface area contributed by atoms with Gasteiger partial charge in [0.05, 0.1) is 15.5 Å². The van der Waals surface area contributed by atoms with Crippen molar-refractivity contribution in [2.24, 2.45) is 5.92 Å². The lowest BCUT2D eigenvalue weighted by Gasteiger charge is -2.39. The van der Waals surface area contributed by atoms with Crippen LogP contribution in [0.5, 0.6) is 0 Å². The molecule has 0 aliphatic carbocycles. The predicted octanol–water partition coefficient (Wildman–Crippen LogP) is 2.81. The fourth-order valence-electron chi connectivity index (χ4n) is 4.53. The van der Waals surface area contributed by atoms with Gasteiger partial charge in [-0.15, -0.1) is 0 Å². The summed E-state index contributed by atoms with van der Waals surface area (Å²) in [5, 5.41) is 0.287. The van der Waals surface area contributed by atoms with Crippen LogP contribution in [0.25, 0.3) is 0 Å².